The van der Waals surface area contributed by atoms with Crippen LogP contribution < -0.4 is 5.32 Å². The van der Waals surface area contributed by atoms with E-state index in [1.807, 2.05) is 0 Å². The van der Waals surface area contributed by atoms with Crippen LogP contribution in [0.2, 0.25) is 0 Å². The maximum atomic E-state index is 13.1. The van der Waals surface area contributed by atoms with Crippen LogP contribution in [0.15, 0.2) is 24.3 Å². The highest BCUT2D eigenvalue weighted by molar-refractivity contribution is 5.82. The molecule has 0 heterocycles. The van der Waals surface area contributed by atoms with Gasteiger partial charge >= 0.3 is 12.1 Å². The molecule has 0 aliphatic carbocycles. The second-order valence-electron chi connectivity index (χ2n) is 4.10. The van der Waals surface area contributed by atoms with Crippen molar-refractivity contribution in [2.75, 3.05) is 13.7 Å². The average Bonchev–Trinajstić information content (AvgIpc) is 2.34. The molecule has 7 heteroatoms. The Bertz CT molecular complexity index is 461. The largest absolute Gasteiger partial charge is 0.467 e. The molecule has 0 saturated heterocycles. The third-order valence-corrected chi connectivity index (χ3v) is 2.64. The summed E-state index contributed by atoms with van der Waals surface area (Å²) < 4.78 is 54.4. The highest BCUT2D eigenvalue weighted by atomic mass is 19.4. The lowest BCUT2D eigenvalue weighted by Crippen LogP contribution is -2.50. The molecule has 0 fully saturated rings. The molecule has 1 aromatic carbocycles. The first-order chi connectivity index (χ1) is 8.69. The maximum absolute atomic E-state index is 13.1. The van der Waals surface area contributed by atoms with Gasteiger partial charge in [0.15, 0.2) is 0 Å². The van der Waals surface area contributed by atoms with Crippen molar-refractivity contribution in [1.29, 1.82) is 0 Å². The molecule has 0 aliphatic rings. The van der Waals surface area contributed by atoms with Crippen molar-refractivity contribution in [3.8, 4) is 0 Å². The van der Waals surface area contributed by atoms with Gasteiger partial charge in [0.2, 0.25) is 0 Å². The quantitative estimate of drug-likeness (QED) is 0.679. The summed E-state index contributed by atoms with van der Waals surface area (Å²) in [6.45, 7) is -0.186. The number of methoxy groups -OCH3 is 1. The number of ether oxygens (including phenoxy) is 1. The first-order valence-electron chi connectivity index (χ1n) is 5.35. The van der Waals surface area contributed by atoms with Gasteiger partial charge in [-0.15, -0.1) is 0 Å². The van der Waals surface area contributed by atoms with Crippen molar-refractivity contribution in [3.05, 3.63) is 35.6 Å². The second kappa shape index (κ2) is 5.56. The molecule has 106 valence electrons. The Labute approximate surface area is 107 Å². The summed E-state index contributed by atoms with van der Waals surface area (Å²) in [5.41, 5.74) is -1.71. The Kier molecular flexibility index (Phi) is 4.52. The summed E-state index contributed by atoms with van der Waals surface area (Å²) in [6.07, 6.45) is -4.50. The van der Waals surface area contributed by atoms with E-state index in [4.69, 9.17) is 0 Å². The van der Waals surface area contributed by atoms with Gasteiger partial charge in [-0.1, -0.05) is 12.1 Å². The molecule has 1 unspecified atom stereocenters. The molecule has 0 saturated carbocycles. The standard InChI is InChI=1S/C12H13F4NO2/c1-11(10(18)19-2,17-7-12(14,15)16)8-4-3-5-9(13)6-8/h3-6,17H,7H2,1-2H3. The molecule has 19 heavy (non-hydrogen) atoms. The molecule has 1 aromatic rings. The van der Waals surface area contributed by atoms with E-state index in [2.05, 4.69) is 10.1 Å². The monoisotopic (exact) mass is 279 g/mol. The Hall–Kier alpha value is -1.63. The zero-order valence-corrected chi connectivity index (χ0v) is 10.3. The number of alkyl halides is 3. The minimum Gasteiger partial charge on any atom is -0.467 e. The second-order valence-corrected chi connectivity index (χ2v) is 4.10. The molecule has 1 N–H and O–H groups in total. The van der Waals surface area contributed by atoms with Gasteiger partial charge in [0.05, 0.1) is 13.7 Å². The average molecular weight is 279 g/mol. The van der Waals surface area contributed by atoms with Crippen LogP contribution in [0.5, 0.6) is 0 Å². The molecular weight excluding hydrogens is 266 g/mol. The zero-order chi connectivity index (χ0) is 14.7. The number of hydrogen-bond acceptors (Lipinski definition) is 3. The van der Waals surface area contributed by atoms with Crippen molar-refractivity contribution >= 4 is 5.97 Å². The maximum Gasteiger partial charge on any atom is 0.401 e. The summed E-state index contributed by atoms with van der Waals surface area (Å²) in [7, 11) is 1.05. The number of halogens is 4. The minimum absolute atomic E-state index is 0.0589. The van der Waals surface area contributed by atoms with E-state index >= 15 is 0 Å². The van der Waals surface area contributed by atoms with Gasteiger partial charge in [0.1, 0.15) is 11.4 Å². The first-order valence-corrected chi connectivity index (χ1v) is 5.35. The molecular formula is C12H13F4NO2. The number of nitrogens with one attached hydrogen (secondary N) is 1. The molecule has 0 spiro atoms. The molecule has 0 amide bonds. The van der Waals surface area contributed by atoms with Gasteiger partial charge in [-0.25, -0.2) is 9.18 Å². The normalized spacial score (nSPS) is 14.8. The van der Waals surface area contributed by atoms with Crippen molar-refractivity contribution in [2.24, 2.45) is 0 Å². The number of hydrogen-bond donors (Lipinski definition) is 1. The summed E-state index contributed by atoms with van der Waals surface area (Å²) in [5, 5.41) is 2.06. The zero-order valence-electron chi connectivity index (χ0n) is 10.3. The Balaban J connectivity index is 3.09. The van der Waals surface area contributed by atoms with E-state index < -0.39 is 30.0 Å². The van der Waals surface area contributed by atoms with E-state index in [-0.39, 0.29) is 5.56 Å². The van der Waals surface area contributed by atoms with Crippen LogP contribution in [-0.2, 0) is 15.1 Å². The summed E-state index contributed by atoms with van der Waals surface area (Å²) in [5.74, 6) is -1.58. The van der Waals surface area contributed by atoms with Crippen LogP contribution in [0.1, 0.15) is 12.5 Å². The third kappa shape index (κ3) is 3.92. The molecule has 1 rings (SSSR count). The topological polar surface area (TPSA) is 38.3 Å². The van der Waals surface area contributed by atoms with Gasteiger partial charge in [-0.2, -0.15) is 13.2 Å². The number of esters is 1. The van der Waals surface area contributed by atoms with Crippen LogP contribution in [0.25, 0.3) is 0 Å². The fraction of sp³-hybridized carbons (Fsp3) is 0.417. The van der Waals surface area contributed by atoms with E-state index in [1.54, 1.807) is 0 Å². The molecule has 3 nitrogen and oxygen atoms in total. The predicted octanol–water partition coefficient (Wildman–Crippen LogP) is 2.37. The molecule has 0 aliphatic heterocycles. The van der Waals surface area contributed by atoms with Crippen LogP contribution >= 0.6 is 0 Å². The van der Waals surface area contributed by atoms with Gasteiger partial charge < -0.3 is 4.74 Å². The van der Waals surface area contributed by atoms with Gasteiger partial charge in [-0.3, -0.25) is 5.32 Å². The first kappa shape index (κ1) is 15.4. The van der Waals surface area contributed by atoms with Gasteiger partial charge in [0.25, 0.3) is 0 Å². The van der Waals surface area contributed by atoms with E-state index in [1.165, 1.54) is 19.1 Å². The highest BCUT2D eigenvalue weighted by Gasteiger charge is 2.40. The molecule has 0 radical (unpaired) electrons. The smallest absolute Gasteiger partial charge is 0.401 e. The third-order valence-electron chi connectivity index (χ3n) is 2.64. The van der Waals surface area contributed by atoms with E-state index in [9.17, 15) is 22.4 Å². The predicted molar refractivity (Wildman–Crippen MR) is 59.8 cm³/mol. The van der Waals surface area contributed by atoms with Gasteiger partial charge in [-0.05, 0) is 24.6 Å². The van der Waals surface area contributed by atoms with Crippen molar-refractivity contribution in [3.63, 3.8) is 0 Å². The van der Waals surface area contributed by atoms with E-state index in [0.717, 1.165) is 19.2 Å². The van der Waals surface area contributed by atoms with Crippen molar-refractivity contribution < 1.29 is 27.1 Å². The lowest BCUT2D eigenvalue weighted by molar-refractivity contribution is -0.153. The summed E-state index contributed by atoms with van der Waals surface area (Å²) >= 11 is 0. The van der Waals surface area contributed by atoms with Crippen molar-refractivity contribution in [1.82, 2.24) is 5.32 Å². The van der Waals surface area contributed by atoms with Crippen LogP contribution in [0.3, 0.4) is 0 Å². The Morgan fingerprint density at radius 1 is 1.37 bits per heavy atom. The van der Waals surface area contributed by atoms with Crippen molar-refractivity contribution in [2.45, 2.75) is 18.6 Å². The fourth-order valence-electron chi connectivity index (χ4n) is 1.57. The summed E-state index contributed by atoms with van der Waals surface area (Å²) in [4.78, 5) is 11.7. The number of carbonyl (C=O) groups excluding carboxylic acids is 1. The SMILES string of the molecule is COC(=O)C(C)(NCC(F)(F)F)c1cccc(F)c1. The number of benzene rings is 1. The van der Waals surface area contributed by atoms with Crippen LogP contribution in [-0.4, -0.2) is 25.8 Å². The number of carbonyl (C=O) groups is 1. The highest BCUT2D eigenvalue weighted by Crippen LogP contribution is 2.25. The van der Waals surface area contributed by atoms with Crippen LogP contribution in [0, 0.1) is 5.82 Å². The molecule has 1 atom stereocenters. The Morgan fingerprint density at radius 3 is 2.47 bits per heavy atom. The summed E-state index contributed by atoms with van der Waals surface area (Å²) in [6, 6.07) is 4.77. The van der Waals surface area contributed by atoms with Crippen LogP contribution in [0.4, 0.5) is 17.6 Å². The Morgan fingerprint density at radius 2 is 2.00 bits per heavy atom. The minimum atomic E-state index is -4.50. The van der Waals surface area contributed by atoms with E-state index in [0.29, 0.717) is 0 Å². The lowest BCUT2D eigenvalue weighted by atomic mass is 9.92. The molecule has 0 bridgehead atoms. The lowest BCUT2D eigenvalue weighted by Gasteiger charge is -2.29. The molecule has 0 aromatic heterocycles. The fourth-order valence-corrected chi connectivity index (χ4v) is 1.57. The number of rotatable bonds is 4. The van der Waals surface area contributed by atoms with Gasteiger partial charge in [0, 0.05) is 0 Å².